The highest BCUT2D eigenvalue weighted by Gasteiger charge is 2.16. The predicted molar refractivity (Wildman–Crippen MR) is 123 cm³/mol. The molecule has 0 aromatic heterocycles. The number of benzene rings is 4. The molecular formula is C25H21N3O. The fourth-order valence-electron chi connectivity index (χ4n) is 4.09. The fourth-order valence-corrected chi connectivity index (χ4v) is 4.09. The van der Waals surface area contributed by atoms with Gasteiger partial charge in [-0.25, -0.2) is 0 Å². The fraction of sp³-hybridized carbons (Fsp3) is 0.0800. The molecule has 0 fully saturated rings. The molecule has 0 atom stereocenters. The molecule has 0 heterocycles. The summed E-state index contributed by atoms with van der Waals surface area (Å²) in [4.78, 5) is 1.86. The smallest absolute Gasteiger partial charge is 0.199 e. The standard InChI is InChI=1S/C25H21N3O/c1-28(22-14-15-23(29-2)19-8-4-3-7-18(19)22)25(26)27-21-13-12-17-11-10-16-6-5-9-20(21)24(16)17/h3-15H,1-2H3,(H2,26,27). The van der Waals surface area contributed by atoms with Crippen LogP contribution in [0.15, 0.2) is 66.7 Å². The van der Waals surface area contributed by atoms with E-state index >= 15 is 0 Å². The van der Waals surface area contributed by atoms with Crippen molar-refractivity contribution in [3.63, 3.8) is 0 Å². The largest absolute Gasteiger partial charge is 0.496 e. The lowest BCUT2D eigenvalue weighted by atomic mass is 10.0. The Bertz CT molecular complexity index is 1290. The van der Waals surface area contributed by atoms with Gasteiger partial charge in [-0.2, -0.15) is 0 Å². The number of guanidine groups is 1. The predicted octanol–water partition coefficient (Wildman–Crippen LogP) is 5.97. The molecule has 5 rings (SSSR count). The number of hydrogen-bond acceptors (Lipinski definition) is 2. The Hall–Kier alpha value is -3.79. The van der Waals surface area contributed by atoms with E-state index in [1.54, 1.807) is 7.11 Å². The molecular weight excluding hydrogens is 358 g/mol. The van der Waals surface area contributed by atoms with Gasteiger partial charge in [-0.1, -0.05) is 60.7 Å². The zero-order valence-electron chi connectivity index (χ0n) is 16.4. The van der Waals surface area contributed by atoms with Gasteiger partial charge >= 0.3 is 0 Å². The average molecular weight is 379 g/mol. The zero-order chi connectivity index (χ0) is 20.0. The Labute approximate surface area is 169 Å². The van der Waals surface area contributed by atoms with Gasteiger partial charge in [0.15, 0.2) is 5.96 Å². The summed E-state index contributed by atoms with van der Waals surface area (Å²) in [5.74, 6) is 1.14. The molecule has 29 heavy (non-hydrogen) atoms. The van der Waals surface area contributed by atoms with Gasteiger partial charge in [0.1, 0.15) is 5.75 Å². The Balaban J connectivity index is 1.52. The van der Waals surface area contributed by atoms with Gasteiger partial charge in [-0.15, -0.1) is 0 Å². The van der Waals surface area contributed by atoms with E-state index < -0.39 is 0 Å². The molecule has 0 saturated carbocycles. The molecule has 4 aromatic rings. The molecule has 0 bridgehead atoms. The van der Waals surface area contributed by atoms with Crippen LogP contribution in [-0.2, 0) is 0 Å². The molecule has 0 amide bonds. The van der Waals surface area contributed by atoms with Crippen molar-refractivity contribution in [3.8, 4) is 5.75 Å². The van der Waals surface area contributed by atoms with Crippen molar-refractivity contribution >= 4 is 51.0 Å². The van der Waals surface area contributed by atoms with Crippen LogP contribution >= 0.6 is 0 Å². The molecule has 4 aromatic carbocycles. The van der Waals surface area contributed by atoms with E-state index in [1.807, 2.05) is 48.3 Å². The quantitative estimate of drug-likeness (QED) is 0.300. The number of rotatable bonds is 3. The molecule has 0 unspecified atom stereocenters. The Morgan fingerprint density at radius 1 is 0.828 bits per heavy atom. The van der Waals surface area contributed by atoms with Crippen LogP contribution in [0.3, 0.4) is 0 Å². The van der Waals surface area contributed by atoms with Crippen LogP contribution in [-0.4, -0.2) is 20.1 Å². The molecule has 2 N–H and O–H groups in total. The maximum absolute atomic E-state index is 8.71. The van der Waals surface area contributed by atoms with Crippen molar-refractivity contribution in [1.29, 1.82) is 5.41 Å². The second kappa shape index (κ2) is 6.67. The molecule has 1 aliphatic carbocycles. The number of nitrogens with one attached hydrogen (secondary N) is 2. The van der Waals surface area contributed by atoms with Crippen molar-refractivity contribution in [2.45, 2.75) is 0 Å². The van der Waals surface area contributed by atoms with E-state index in [0.29, 0.717) is 5.96 Å². The zero-order valence-corrected chi connectivity index (χ0v) is 16.4. The first-order valence-electron chi connectivity index (χ1n) is 9.56. The summed E-state index contributed by atoms with van der Waals surface area (Å²) in [6, 6.07) is 22.5. The Morgan fingerprint density at radius 3 is 2.34 bits per heavy atom. The van der Waals surface area contributed by atoms with E-state index in [9.17, 15) is 0 Å². The molecule has 142 valence electrons. The van der Waals surface area contributed by atoms with Crippen LogP contribution in [0.2, 0.25) is 0 Å². The van der Waals surface area contributed by atoms with Crippen molar-refractivity contribution in [2.75, 3.05) is 24.4 Å². The minimum absolute atomic E-state index is 0.312. The summed E-state index contributed by atoms with van der Waals surface area (Å²) in [7, 11) is 3.59. The number of anilines is 2. The van der Waals surface area contributed by atoms with Crippen LogP contribution < -0.4 is 15.0 Å². The average Bonchev–Trinajstić information content (AvgIpc) is 3.19. The second-order valence-corrected chi connectivity index (χ2v) is 7.17. The van der Waals surface area contributed by atoms with Gasteiger partial charge in [0, 0.05) is 28.9 Å². The summed E-state index contributed by atoms with van der Waals surface area (Å²) in [5.41, 5.74) is 4.33. The first-order chi connectivity index (χ1) is 14.2. The minimum Gasteiger partial charge on any atom is -0.496 e. The summed E-state index contributed by atoms with van der Waals surface area (Å²) < 4.78 is 5.50. The highest BCUT2D eigenvalue weighted by molar-refractivity contribution is 6.15. The Morgan fingerprint density at radius 2 is 1.55 bits per heavy atom. The van der Waals surface area contributed by atoms with Gasteiger partial charge in [0.2, 0.25) is 0 Å². The molecule has 1 aliphatic rings. The number of ether oxygens (including phenoxy) is 1. The van der Waals surface area contributed by atoms with Crippen molar-refractivity contribution in [2.24, 2.45) is 0 Å². The van der Waals surface area contributed by atoms with Gasteiger partial charge in [-0.05, 0) is 34.7 Å². The van der Waals surface area contributed by atoms with Gasteiger partial charge < -0.3 is 15.0 Å². The number of fused-ring (bicyclic) bond motifs is 1. The topological polar surface area (TPSA) is 48.4 Å². The van der Waals surface area contributed by atoms with Crippen LogP contribution in [0.5, 0.6) is 5.75 Å². The normalized spacial score (nSPS) is 11.8. The minimum atomic E-state index is 0.312. The van der Waals surface area contributed by atoms with E-state index in [0.717, 1.165) is 33.3 Å². The summed E-state index contributed by atoms with van der Waals surface area (Å²) >= 11 is 0. The van der Waals surface area contributed by atoms with E-state index in [-0.39, 0.29) is 0 Å². The van der Waals surface area contributed by atoms with Crippen LogP contribution in [0.25, 0.3) is 33.7 Å². The second-order valence-electron chi connectivity index (χ2n) is 7.17. The first-order valence-corrected chi connectivity index (χ1v) is 9.56. The Kier molecular flexibility index (Phi) is 3.98. The van der Waals surface area contributed by atoms with Crippen molar-refractivity contribution in [3.05, 3.63) is 77.9 Å². The summed E-state index contributed by atoms with van der Waals surface area (Å²) in [5, 5.41) is 16.5. The van der Waals surface area contributed by atoms with Gasteiger partial charge in [0.05, 0.1) is 12.8 Å². The highest BCUT2D eigenvalue weighted by Crippen LogP contribution is 2.36. The molecule has 0 radical (unpaired) electrons. The number of methoxy groups -OCH3 is 1. The maximum atomic E-state index is 8.71. The third-order valence-corrected chi connectivity index (χ3v) is 5.58. The molecule has 4 heteroatoms. The first kappa shape index (κ1) is 17.3. The molecule has 0 saturated heterocycles. The third kappa shape index (κ3) is 2.72. The summed E-state index contributed by atoms with van der Waals surface area (Å²) in [6.07, 6.45) is 4.28. The molecule has 0 spiro atoms. The van der Waals surface area contributed by atoms with Crippen molar-refractivity contribution < 1.29 is 4.74 Å². The number of hydrogen-bond donors (Lipinski definition) is 2. The van der Waals surface area contributed by atoms with E-state index in [4.69, 9.17) is 10.1 Å². The lowest BCUT2D eigenvalue weighted by Crippen LogP contribution is -2.32. The third-order valence-electron chi connectivity index (χ3n) is 5.58. The van der Waals surface area contributed by atoms with E-state index in [2.05, 4.69) is 47.8 Å². The SMILES string of the molecule is COc1ccc(N(C)C(=N)Nc2ccc3c4c(cccc24)C=C3)c2ccccc12. The van der Waals surface area contributed by atoms with E-state index in [1.165, 1.54) is 16.5 Å². The lowest BCUT2D eigenvalue weighted by molar-refractivity contribution is 0.420. The van der Waals surface area contributed by atoms with Crippen LogP contribution in [0.1, 0.15) is 11.1 Å². The molecule has 4 nitrogen and oxygen atoms in total. The number of nitrogens with zero attached hydrogens (tertiary/aromatic N) is 1. The summed E-state index contributed by atoms with van der Waals surface area (Å²) in [6.45, 7) is 0. The van der Waals surface area contributed by atoms with Crippen molar-refractivity contribution in [1.82, 2.24) is 0 Å². The highest BCUT2D eigenvalue weighted by atomic mass is 16.5. The monoisotopic (exact) mass is 379 g/mol. The van der Waals surface area contributed by atoms with Crippen LogP contribution in [0.4, 0.5) is 11.4 Å². The lowest BCUT2D eigenvalue weighted by Gasteiger charge is -2.24. The van der Waals surface area contributed by atoms with Gasteiger partial charge in [-0.3, -0.25) is 5.41 Å². The van der Waals surface area contributed by atoms with Gasteiger partial charge in [0.25, 0.3) is 0 Å². The van der Waals surface area contributed by atoms with Crippen LogP contribution in [0, 0.1) is 5.41 Å². The molecule has 0 aliphatic heterocycles. The maximum Gasteiger partial charge on any atom is 0.199 e.